The molecule has 1 amide bonds. The SMILES string of the molecule is CCCCC(CC)CN1c2ccc(C(=O)CCN3CCS(=O)(=O)CC3)c3[nH]cc(c23)C[C@@H](CO)NC(=O)[C@@H]1C(C)C. The lowest BCUT2D eigenvalue weighted by Crippen LogP contribution is -2.54. The molecule has 0 aliphatic carbocycles. The molecule has 41 heavy (non-hydrogen) atoms. The summed E-state index contributed by atoms with van der Waals surface area (Å²) in [4.78, 5) is 34.9. The first-order valence-electron chi connectivity index (χ1n) is 15.3. The minimum Gasteiger partial charge on any atom is -0.394 e. The Hall–Kier alpha value is -2.43. The average molecular weight is 589 g/mol. The number of aromatic amines is 1. The first-order valence-corrected chi connectivity index (χ1v) is 17.2. The van der Waals surface area contributed by atoms with Crippen LogP contribution in [0.2, 0.25) is 0 Å². The van der Waals surface area contributed by atoms with E-state index in [1.54, 1.807) is 0 Å². The summed E-state index contributed by atoms with van der Waals surface area (Å²) in [6, 6.07) is 3.06. The molecule has 0 saturated carbocycles. The number of nitrogens with one attached hydrogen (secondary N) is 2. The Kier molecular flexibility index (Phi) is 10.5. The molecule has 0 spiro atoms. The molecule has 3 N–H and O–H groups in total. The maximum Gasteiger partial charge on any atom is 0.243 e. The van der Waals surface area contributed by atoms with Crippen molar-refractivity contribution in [2.45, 2.75) is 78.3 Å². The number of aliphatic hydroxyl groups excluding tert-OH is 1. The number of aromatic nitrogens is 1. The van der Waals surface area contributed by atoms with Crippen molar-refractivity contribution in [2.75, 3.05) is 49.2 Å². The van der Waals surface area contributed by atoms with Crippen LogP contribution in [0.3, 0.4) is 0 Å². The van der Waals surface area contributed by atoms with Gasteiger partial charge in [-0.1, -0.05) is 47.0 Å². The summed E-state index contributed by atoms with van der Waals surface area (Å²) >= 11 is 0. The van der Waals surface area contributed by atoms with Crippen LogP contribution < -0.4 is 10.2 Å². The van der Waals surface area contributed by atoms with Crippen LogP contribution in [0.25, 0.3) is 10.9 Å². The Morgan fingerprint density at radius 3 is 2.54 bits per heavy atom. The fourth-order valence-corrected chi connectivity index (χ4v) is 7.65. The number of aliphatic hydroxyl groups is 1. The lowest BCUT2D eigenvalue weighted by atomic mass is 9.93. The van der Waals surface area contributed by atoms with Gasteiger partial charge in [0, 0.05) is 55.4 Å². The number of unbranched alkanes of at least 4 members (excludes halogenated alkanes) is 1. The van der Waals surface area contributed by atoms with Crippen molar-refractivity contribution in [3.63, 3.8) is 0 Å². The second kappa shape index (κ2) is 13.7. The van der Waals surface area contributed by atoms with Crippen LogP contribution in [0, 0.1) is 11.8 Å². The number of hydrogen-bond acceptors (Lipinski definition) is 7. The standard InChI is InChI=1S/C31H48N4O5S/c1-5-7-8-22(6-2)19-35-26-10-9-25(27(37)11-12-34-13-15-41(39,40)16-14-34)29-28(26)23(18-32-29)17-24(20-36)33-31(38)30(35)21(3)4/h9-10,18,21-22,24,30,32,36H,5-8,11-17,19-20H2,1-4H3,(H,33,38)/t22?,24-,30-/m0/s1. The van der Waals surface area contributed by atoms with Crippen LogP contribution in [0.4, 0.5) is 5.69 Å². The van der Waals surface area contributed by atoms with Gasteiger partial charge in [0.15, 0.2) is 15.6 Å². The first kappa shape index (κ1) is 31.5. The van der Waals surface area contributed by atoms with Crippen LogP contribution in [0.5, 0.6) is 0 Å². The Morgan fingerprint density at radius 1 is 1.17 bits per heavy atom. The van der Waals surface area contributed by atoms with E-state index < -0.39 is 21.9 Å². The summed E-state index contributed by atoms with van der Waals surface area (Å²) in [6.45, 7) is 10.5. The number of hydrogen-bond donors (Lipinski definition) is 3. The van der Waals surface area contributed by atoms with Crippen molar-refractivity contribution in [3.05, 3.63) is 29.5 Å². The number of H-pyrrole nitrogens is 1. The molecule has 2 aliphatic heterocycles. The predicted octanol–water partition coefficient (Wildman–Crippen LogP) is 3.55. The molecule has 1 aromatic carbocycles. The molecular weight excluding hydrogens is 540 g/mol. The minimum absolute atomic E-state index is 0.00695. The highest BCUT2D eigenvalue weighted by atomic mass is 32.2. The number of ketones is 1. The van der Waals surface area contributed by atoms with Crippen LogP contribution in [0.1, 0.15) is 75.7 Å². The quantitative estimate of drug-likeness (QED) is 0.324. The zero-order chi connectivity index (χ0) is 29.7. The molecule has 10 heteroatoms. The van der Waals surface area contributed by atoms with E-state index in [2.05, 4.69) is 42.9 Å². The van der Waals surface area contributed by atoms with Crippen molar-refractivity contribution in [1.82, 2.24) is 15.2 Å². The van der Waals surface area contributed by atoms with Gasteiger partial charge in [-0.15, -0.1) is 0 Å². The van der Waals surface area contributed by atoms with Crippen molar-refractivity contribution < 1.29 is 23.1 Å². The molecule has 3 atom stereocenters. The van der Waals surface area contributed by atoms with Gasteiger partial charge in [-0.3, -0.25) is 9.59 Å². The molecule has 0 radical (unpaired) electrons. The van der Waals surface area contributed by atoms with E-state index >= 15 is 0 Å². The van der Waals surface area contributed by atoms with Gasteiger partial charge in [0.25, 0.3) is 0 Å². The third-order valence-electron chi connectivity index (χ3n) is 8.86. The molecule has 2 aliphatic rings. The number of Topliss-reactive ketones (excluding diaryl/α,β-unsaturated/α-hetero) is 1. The van der Waals surface area contributed by atoms with Crippen LogP contribution in [-0.4, -0.2) is 91.5 Å². The number of anilines is 1. The number of nitrogens with zero attached hydrogens (tertiary/aromatic N) is 2. The highest BCUT2D eigenvalue weighted by molar-refractivity contribution is 7.91. The first-order chi connectivity index (χ1) is 19.6. The monoisotopic (exact) mass is 588 g/mol. The molecule has 0 bridgehead atoms. The minimum atomic E-state index is -2.97. The van der Waals surface area contributed by atoms with E-state index in [9.17, 15) is 23.1 Å². The van der Waals surface area contributed by atoms with Crippen LogP contribution in [-0.2, 0) is 21.1 Å². The zero-order valence-electron chi connectivity index (χ0n) is 25.1. The smallest absolute Gasteiger partial charge is 0.243 e. The van der Waals surface area contributed by atoms with Crippen molar-refractivity contribution in [1.29, 1.82) is 0 Å². The van der Waals surface area contributed by atoms with E-state index in [0.29, 0.717) is 44.0 Å². The number of amides is 1. The van der Waals surface area contributed by atoms with Gasteiger partial charge in [0.2, 0.25) is 5.91 Å². The summed E-state index contributed by atoms with van der Waals surface area (Å²) in [6.07, 6.45) is 7.04. The molecule has 1 unspecified atom stereocenters. The van der Waals surface area contributed by atoms with Crippen molar-refractivity contribution in [2.24, 2.45) is 11.8 Å². The van der Waals surface area contributed by atoms with E-state index in [-0.39, 0.29) is 35.7 Å². The van der Waals surface area contributed by atoms with Gasteiger partial charge in [0.1, 0.15) is 6.04 Å². The number of carbonyl (C=O) groups excluding carboxylic acids is 2. The summed E-state index contributed by atoms with van der Waals surface area (Å²) in [5.74, 6) is 0.669. The van der Waals surface area contributed by atoms with Crippen molar-refractivity contribution in [3.8, 4) is 0 Å². The second-order valence-corrected chi connectivity index (χ2v) is 14.5. The summed E-state index contributed by atoms with van der Waals surface area (Å²) in [5.41, 5.74) is 3.30. The zero-order valence-corrected chi connectivity index (χ0v) is 25.9. The van der Waals surface area contributed by atoms with E-state index in [0.717, 1.165) is 54.4 Å². The van der Waals surface area contributed by atoms with Crippen molar-refractivity contribution >= 4 is 38.1 Å². The van der Waals surface area contributed by atoms with Gasteiger partial charge in [-0.2, -0.15) is 0 Å². The third-order valence-corrected chi connectivity index (χ3v) is 10.5. The maximum atomic E-state index is 13.7. The topological polar surface area (TPSA) is 123 Å². The van der Waals surface area contributed by atoms with Gasteiger partial charge in [-0.05, 0) is 42.4 Å². The summed E-state index contributed by atoms with van der Waals surface area (Å²) in [5, 5.41) is 14.2. The molecule has 1 saturated heterocycles. The molecular formula is C31H48N4O5S. The fourth-order valence-electron chi connectivity index (χ4n) is 6.37. The molecule has 3 heterocycles. The highest BCUT2D eigenvalue weighted by Crippen LogP contribution is 2.37. The molecule has 9 nitrogen and oxygen atoms in total. The van der Waals surface area contributed by atoms with E-state index in [1.807, 2.05) is 23.2 Å². The van der Waals surface area contributed by atoms with Crippen LogP contribution >= 0.6 is 0 Å². The Balaban J connectivity index is 1.73. The summed E-state index contributed by atoms with van der Waals surface area (Å²) < 4.78 is 23.6. The van der Waals surface area contributed by atoms with E-state index in [1.165, 1.54) is 0 Å². The van der Waals surface area contributed by atoms with Gasteiger partial charge in [0.05, 0.1) is 29.7 Å². The largest absolute Gasteiger partial charge is 0.394 e. The van der Waals surface area contributed by atoms with Gasteiger partial charge >= 0.3 is 0 Å². The Labute approximate surface area is 245 Å². The number of carbonyl (C=O) groups is 2. The second-order valence-electron chi connectivity index (χ2n) is 12.2. The fraction of sp³-hybridized carbons (Fsp3) is 0.677. The highest BCUT2D eigenvalue weighted by Gasteiger charge is 2.35. The maximum absolute atomic E-state index is 13.7. The Morgan fingerprint density at radius 2 is 1.90 bits per heavy atom. The Bertz CT molecular complexity index is 1310. The molecule has 228 valence electrons. The number of rotatable bonds is 12. The normalized spacial score (nSPS) is 22.3. The predicted molar refractivity (Wildman–Crippen MR) is 164 cm³/mol. The summed E-state index contributed by atoms with van der Waals surface area (Å²) in [7, 11) is -2.97. The average Bonchev–Trinajstić information content (AvgIpc) is 3.37. The number of benzene rings is 1. The van der Waals surface area contributed by atoms with E-state index in [4.69, 9.17) is 0 Å². The molecule has 1 aromatic heterocycles. The number of sulfone groups is 1. The molecule has 1 fully saturated rings. The lowest BCUT2D eigenvalue weighted by Gasteiger charge is -2.38. The molecule has 2 aromatic rings. The lowest BCUT2D eigenvalue weighted by molar-refractivity contribution is -0.124. The van der Waals surface area contributed by atoms with Gasteiger partial charge in [-0.25, -0.2) is 8.42 Å². The third kappa shape index (κ3) is 7.32. The van der Waals surface area contributed by atoms with Crippen LogP contribution in [0.15, 0.2) is 18.3 Å². The molecule has 4 rings (SSSR count). The van der Waals surface area contributed by atoms with Gasteiger partial charge < -0.3 is 25.2 Å².